The fourth-order valence-corrected chi connectivity index (χ4v) is 4.15. The van der Waals surface area contributed by atoms with Crippen molar-refractivity contribution in [3.8, 4) is 11.4 Å². The van der Waals surface area contributed by atoms with E-state index in [1.807, 2.05) is 66.3 Å². The van der Waals surface area contributed by atoms with Crippen LogP contribution in [0.2, 0.25) is 0 Å². The number of aryl methyl sites for hydroxylation is 1. The topological polar surface area (TPSA) is 97.7 Å². The number of ether oxygens (including phenoxy) is 2. The number of nitrogens with zero attached hydrogens (tertiary/aromatic N) is 3. The van der Waals surface area contributed by atoms with Crippen LogP contribution in [-0.4, -0.2) is 47.9 Å². The number of amides is 2. The van der Waals surface area contributed by atoms with Gasteiger partial charge in [-0.2, -0.15) is 0 Å². The van der Waals surface area contributed by atoms with Gasteiger partial charge in [-0.3, -0.25) is 4.98 Å². The van der Waals surface area contributed by atoms with Gasteiger partial charge in [0.2, 0.25) is 0 Å². The minimum atomic E-state index is -0.367. The number of methoxy groups -OCH3 is 1. The molecule has 0 radical (unpaired) electrons. The molecule has 0 atom stereocenters. The van der Waals surface area contributed by atoms with Gasteiger partial charge in [0.05, 0.1) is 49.0 Å². The third-order valence-electron chi connectivity index (χ3n) is 6.03. The van der Waals surface area contributed by atoms with Gasteiger partial charge >= 0.3 is 12.0 Å². The number of carbonyl (C=O) groups is 2. The van der Waals surface area contributed by atoms with E-state index < -0.39 is 0 Å². The molecule has 0 saturated carbocycles. The lowest BCUT2D eigenvalue weighted by atomic mass is 10.1. The minimum Gasteiger partial charge on any atom is -0.487 e. The molecule has 1 aliphatic heterocycles. The van der Waals surface area contributed by atoms with Gasteiger partial charge in [-0.15, -0.1) is 0 Å². The number of aromatic nitrogens is 2. The van der Waals surface area contributed by atoms with Gasteiger partial charge < -0.3 is 29.6 Å². The molecular formula is C28H27N5O4. The van der Waals surface area contributed by atoms with Crippen LogP contribution in [0, 0.1) is 6.92 Å². The second-order valence-electron chi connectivity index (χ2n) is 8.79. The second-order valence-corrected chi connectivity index (χ2v) is 8.79. The lowest BCUT2D eigenvalue weighted by molar-refractivity contribution is 0.0600. The van der Waals surface area contributed by atoms with E-state index in [9.17, 15) is 9.59 Å². The van der Waals surface area contributed by atoms with Crippen molar-refractivity contribution in [2.75, 3.05) is 35.7 Å². The molecule has 0 bridgehead atoms. The normalized spacial score (nSPS) is 13.0. The molecule has 9 heteroatoms. The van der Waals surface area contributed by atoms with Crippen molar-refractivity contribution in [3.05, 3.63) is 96.6 Å². The lowest BCUT2D eigenvalue weighted by Crippen LogP contribution is -2.53. The van der Waals surface area contributed by atoms with Crippen molar-refractivity contribution >= 4 is 29.1 Å². The predicted octanol–water partition coefficient (Wildman–Crippen LogP) is 4.88. The number of anilines is 3. The van der Waals surface area contributed by atoms with E-state index in [1.165, 1.54) is 7.11 Å². The Hall–Kier alpha value is -4.79. The Balaban J connectivity index is 1.13. The van der Waals surface area contributed by atoms with E-state index in [2.05, 4.69) is 20.5 Å². The molecule has 0 spiro atoms. The van der Waals surface area contributed by atoms with Crippen LogP contribution in [0.1, 0.15) is 15.9 Å². The summed E-state index contributed by atoms with van der Waals surface area (Å²) in [5.74, 6) is 0.372. The third kappa shape index (κ3) is 5.56. The average Bonchev–Trinajstić information content (AvgIpc) is 3.36. The molecule has 5 rings (SSSR count). The van der Waals surface area contributed by atoms with Crippen LogP contribution in [0.25, 0.3) is 5.69 Å². The van der Waals surface area contributed by atoms with Gasteiger partial charge in [-0.05, 0) is 61.0 Å². The standard InChI is InChI=1S/C28H27N5O4/c1-19-13-21(15-29-14-19)31-28(35)30-20-7-9-23(10-8-20)37-24-17-33(18-24)22-11-12-32(16-22)26-6-4-3-5-25(26)27(34)36-2/h3-16,24H,17-18H2,1-2H3,(H2,30,31,35). The van der Waals surface area contributed by atoms with E-state index in [4.69, 9.17) is 9.47 Å². The van der Waals surface area contributed by atoms with E-state index in [-0.39, 0.29) is 18.1 Å². The van der Waals surface area contributed by atoms with E-state index in [0.717, 1.165) is 35.8 Å². The predicted molar refractivity (Wildman–Crippen MR) is 142 cm³/mol. The van der Waals surface area contributed by atoms with Gasteiger partial charge in [0.15, 0.2) is 0 Å². The summed E-state index contributed by atoms with van der Waals surface area (Å²) in [7, 11) is 1.38. The van der Waals surface area contributed by atoms with Crippen molar-refractivity contribution in [3.63, 3.8) is 0 Å². The Bertz CT molecular complexity index is 1410. The lowest BCUT2D eigenvalue weighted by Gasteiger charge is -2.40. The number of nitrogens with one attached hydrogen (secondary N) is 2. The third-order valence-corrected chi connectivity index (χ3v) is 6.03. The second kappa shape index (κ2) is 10.4. The molecule has 4 aromatic rings. The highest BCUT2D eigenvalue weighted by Gasteiger charge is 2.29. The van der Waals surface area contributed by atoms with Crippen LogP contribution >= 0.6 is 0 Å². The van der Waals surface area contributed by atoms with Crippen LogP contribution in [0.3, 0.4) is 0 Å². The SMILES string of the molecule is COC(=O)c1ccccc1-n1ccc(N2CC(Oc3ccc(NC(=O)Nc4cncc(C)c4)cc3)C2)c1. The van der Waals surface area contributed by atoms with Gasteiger partial charge in [0.25, 0.3) is 0 Å². The summed E-state index contributed by atoms with van der Waals surface area (Å²) in [4.78, 5) is 30.6. The van der Waals surface area contributed by atoms with Crippen LogP contribution in [-0.2, 0) is 4.74 Å². The fraction of sp³-hybridized carbons (Fsp3) is 0.179. The first-order valence-electron chi connectivity index (χ1n) is 11.9. The summed E-state index contributed by atoms with van der Waals surface area (Å²) in [6, 6.07) is 18.2. The quantitative estimate of drug-likeness (QED) is 0.353. The first kappa shape index (κ1) is 23.9. The highest BCUT2D eigenvalue weighted by molar-refractivity contribution is 5.99. The number of esters is 1. The van der Waals surface area contributed by atoms with Gasteiger partial charge in [-0.25, -0.2) is 9.59 Å². The highest BCUT2D eigenvalue weighted by atomic mass is 16.5. The largest absolute Gasteiger partial charge is 0.487 e. The Labute approximate surface area is 214 Å². The Morgan fingerprint density at radius 1 is 0.973 bits per heavy atom. The number of rotatable bonds is 7. The Morgan fingerprint density at radius 2 is 1.73 bits per heavy atom. The molecule has 188 valence electrons. The Kier molecular flexibility index (Phi) is 6.76. The maximum absolute atomic E-state index is 12.2. The molecular weight excluding hydrogens is 470 g/mol. The van der Waals surface area contributed by atoms with E-state index in [0.29, 0.717) is 16.9 Å². The average molecular weight is 498 g/mol. The summed E-state index contributed by atoms with van der Waals surface area (Å²) >= 11 is 0. The molecule has 2 amide bonds. The molecule has 2 N–H and O–H groups in total. The minimum absolute atomic E-state index is 0.0571. The molecule has 1 saturated heterocycles. The molecule has 1 fully saturated rings. The monoisotopic (exact) mass is 497 g/mol. The van der Waals surface area contributed by atoms with E-state index in [1.54, 1.807) is 30.6 Å². The molecule has 1 aliphatic rings. The fourth-order valence-electron chi connectivity index (χ4n) is 4.15. The zero-order valence-electron chi connectivity index (χ0n) is 20.5. The van der Waals surface area contributed by atoms with Crippen molar-refractivity contribution < 1.29 is 19.1 Å². The maximum atomic E-state index is 12.2. The molecule has 37 heavy (non-hydrogen) atoms. The van der Waals surface area contributed by atoms with Crippen molar-refractivity contribution in [1.82, 2.24) is 9.55 Å². The first-order chi connectivity index (χ1) is 18.0. The van der Waals surface area contributed by atoms with Crippen LogP contribution in [0.15, 0.2) is 85.5 Å². The van der Waals surface area contributed by atoms with Crippen LogP contribution in [0.5, 0.6) is 5.75 Å². The summed E-state index contributed by atoms with van der Waals surface area (Å²) < 4.78 is 12.9. The van der Waals surface area contributed by atoms with E-state index >= 15 is 0 Å². The number of benzene rings is 2. The van der Waals surface area contributed by atoms with Crippen LogP contribution in [0.4, 0.5) is 21.9 Å². The highest BCUT2D eigenvalue weighted by Crippen LogP contribution is 2.27. The Morgan fingerprint density at radius 3 is 2.49 bits per heavy atom. The van der Waals surface area contributed by atoms with Crippen molar-refractivity contribution in [1.29, 1.82) is 0 Å². The van der Waals surface area contributed by atoms with Gasteiger partial charge in [0.1, 0.15) is 11.9 Å². The molecule has 2 aromatic carbocycles. The summed E-state index contributed by atoms with van der Waals surface area (Å²) in [5, 5.41) is 5.57. The molecule has 0 aliphatic carbocycles. The summed E-state index contributed by atoms with van der Waals surface area (Å²) in [5.41, 5.74) is 4.60. The summed E-state index contributed by atoms with van der Waals surface area (Å²) in [6.45, 7) is 3.41. The molecule has 3 heterocycles. The number of urea groups is 1. The molecule has 2 aromatic heterocycles. The number of pyridine rings is 1. The van der Waals surface area contributed by atoms with Gasteiger partial charge in [-0.1, -0.05) is 12.1 Å². The number of hydrogen-bond donors (Lipinski definition) is 2. The number of para-hydroxylation sites is 1. The maximum Gasteiger partial charge on any atom is 0.339 e. The van der Waals surface area contributed by atoms with Gasteiger partial charge in [0, 0.05) is 24.3 Å². The van der Waals surface area contributed by atoms with Crippen molar-refractivity contribution in [2.24, 2.45) is 0 Å². The van der Waals surface area contributed by atoms with Crippen molar-refractivity contribution in [2.45, 2.75) is 13.0 Å². The zero-order valence-corrected chi connectivity index (χ0v) is 20.5. The molecule has 0 unspecified atom stereocenters. The zero-order chi connectivity index (χ0) is 25.8. The number of carbonyl (C=O) groups excluding carboxylic acids is 2. The summed E-state index contributed by atoms with van der Waals surface area (Å²) in [6.07, 6.45) is 7.31. The molecule has 9 nitrogen and oxygen atoms in total. The smallest absolute Gasteiger partial charge is 0.339 e. The number of hydrogen-bond acceptors (Lipinski definition) is 6. The first-order valence-corrected chi connectivity index (χ1v) is 11.9. The van der Waals surface area contributed by atoms with Crippen LogP contribution < -0.4 is 20.3 Å².